The number of carbonyl (C=O) groups excluding carboxylic acids is 1. The predicted octanol–water partition coefficient (Wildman–Crippen LogP) is 4.93. The molecule has 0 aliphatic carbocycles. The van der Waals surface area contributed by atoms with Crippen LogP contribution in [0.15, 0.2) is 48.5 Å². The van der Waals surface area contributed by atoms with Crippen LogP contribution in [0.25, 0.3) is 0 Å². The molecule has 1 aliphatic heterocycles. The van der Waals surface area contributed by atoms with Crippen molar-refractivity contribution in [1.29, 1.82) is 0 Å². The van der Waals surface area contributed by atoms with E-state index >= 15 is 0 Å². The Hall–Kier alpha value is -2.83. The SMILES string of the molecule is COc1ccc(NC(=O)N2CCCC(F)(F)CC2)c(OCc2ccccc2)c1. The van der Waals surface area contributed by atoms with E-state index in [1.54, 1.807) is 25.3 Å². The number of nitrogens with one attached hydrogen (secondary N) is 1. The van der Waals surface area contributed by atoms with Gasteiger partial charge in [-0.15, -0.1) is 0 Å². The molecule has 7 heteroatoms. The molecule has 0 atom stereocenters. The molecular weight excluding hydrogens is 366 g/mol. The van der Waals surface area contributed by atoms with Crippen molar-refractivity contribution in [2.75, 3.05) is 25.5 Å². The normalized spacial score (nSPS) is 16.2. The Morgan fingerprint density at radius 3 is 2.68 bits per heavy atom. The minimum Gasteiger partial charge on any atom is -0.497 e. The fourth-order valence-corrected chi connectivity index (χ4v) is 3.05. The van der Waals surface area contributed by atoms with E-state index < -0.39 is 12.0 Å². The summed E-state index contributed by atoms with van der Waals surface area (Å²) in [4.78, 5) is 14.0. The van der Waals surface area contributed by atoms with Crippen molar-refractivity contribution >= 4 is 11.7 Å². The summed E-state index contributed by atoms with van der Waals surface area (Å²) in [6.45, 7) is 0.653. The van der Waals surface area contributed by atoms with Gasteiger partial charge in [-0.1, -0.05) is 30.3 Å². The minimum absolute atomic E-state index is 0.0230. The fraction of sp³-hybridized carbons (Fsp3) is 0.381. The van der Waals surface area contributed by atoms with Gasteiger partial charge in [0.1, 0.15) is 18.1 Å². The van der Waals surface area contributed by atoms with Crippen LogP contribution in [0.1, 0.15) is 24.8 Å². The van der Waals surface area contributed by atoms with E-state index in [1.807, 2.05) is 30.3 Å². The van der Waals surface area contributed by atoms with Gasteiger partial charge in [-0.25, -0.2) is 13.6 Å². The maximum atomic E-state index is 13.5. The van der Waals surface area contributed by atoms with Gasteiger partial charge in [0.25, 0.3) is 0 Å². The molecule has 150 valence electrons. The van der Waals surface area contributed by atoms with Crippen molar-refractivity contribution in [3.8, 4) is 11.5 Å². The van der Waals surface area contributed by atoms with Gasteiger partial charge < -0.3 is 19.7 Å². The molecule has 1 heterocycles. The second-order valence-corrected chi connectivity index (χ2v) is 6.76. The van der Waals surface area contributed by atoms with Gasteiger partial charge in [-0.2, -0.15) is 0 Å². The molecule has 0 unspecified atom stereocenters. The number of hydrogen-bond donors (Lipinski definition) is 1. The summed E-state index contributed by atoms with van der Waals surface area (Å²) in [7, 11) is 1.55. The Balaban J connectivity index is 1.70. The topological polar surface area (TPSA) is 50.8 Å². The Morgan fingerprint density at radius 1 is 1.14 bits per heavy atom. The van der Waals surface area contributed by atoms with Crippen molar-refractivity contribution in [3.63, 3.8) is 0 Å². The Bertz CT molecular complexity index is 799. The molecule has 3 rings (SSSR count). The maximum absolute atomic E-state index is 13.5. The van der Waals surface area contributed by atoms with E-state index in [4.69, 9.17) is 9.47 Å². The summed E-state index contributed by atoms with van der Waals surface area (Å²) in [6.07, 6.45) is -0.231. The van der Waals surface area contributed by atoms with Gasteiger partial charge in [-0.3, -0.25) is 0 Å². The third-order valence-electron chi connectivity index (χ3n) is 4.67. The van der Waals surface area contributed by atoms with Crippen molar-refractivity contribution in [3.05, 3.63) is 54.1 Å². The second-order valence-electron chi connectivity index (χ2n) is 6.76. The first kappa shape index (κ1) is 19.9. The average Bonchev–Trinajstić information content (AvgIpc) is 2.88. The number of ether oxygens (including phenoxy) is 2. The Kier molecular flexibility index (Phi) is 6.34. The molecule has 0 radical (unpaired) electrons. The smallest absolute Gasteiger partial charge is 0.321 e. The van der Waals surface area contributed by atoms with E-state index in [0.29, 0.717) is 30.3 Å². The van der Waals surface area contributed by atoms with Gasteiger partial charge in [-0.05, 0) is 24.1 Å². The number of alkyl halides is 2. The first-order chi connectivity index (χ1) is 13.5. The number of urea groups is 1. The number of benzene rings is 2. The van der Waals surface area contributed by atoms with E-state index in [2.05, 4.69) is 5.32 Å². The lowest BCUT2D eigenvalue weighted by Gasteiger charge is -2.22. The second kappa shape index (κ2) is 8.91. The third kappa shape index (κ3) is 5.34. The molecule has 5 nitrogen and oxygen atoms in total. The van der Waals surface area contributed by atoms with Crippen molar-refractivity contribution in [2.24, 2.45) is 0 Å². The highest BCUT2D eigenvalue weighted by atomic mass is 19.3. The average molecular weight is 390 g/mol. The molecule has 0 aromatic heterocycles. The highest BCUT2D eigenvalue weighted by Crippen LogP contribution is 2.31. The minimum atomic E-state index is -2.71. The number of hydrogen-bond acceptors (Lipinski definition) is 3. The van der Waals surface area contributed by atoms with Crippen LogP contribution in [-0.2, 0) is 6.61 Å². The number of anilines is 1. The molecule has 28 heavy (non-hydrogen) atoms. The van der Waals surface area contributed by atoms with Gasteiger partial charge in [0.15, 0.2) is 0 Å². The van der Waals surface area contributed by atoms with Crippen molar-refractivity contribution in [1.82, 2.24) is 4.90 Å². The fourth-order valence-electron chi connectivity index (χ4n) is 3.05. The zero-order chi connectivity index (χ0) is 20.0. The Labute approximate surface area is 163 Å². The highest BCUT2D eigenvalue weighted by molar-refractivity contribution is 5.91. The lowest BCUT2D eigenvalue weighted by Crippen LogP contribution is -2.36. The quantitative estimate of drug-likeness (QED) is 0.788. The van der Waals surface area contributed by atoms with Crippen LogP contribution in [0.2, 0.25) is 0 Å². The van der Waals surface area contributed by atoms with Crippen LogP contribution in [0.3, 0.4) is 0 Å². The van der Waals surface area contributed by atoms with E-state index in [-0.39, 0.29) is 25.8 Å². The number of halogens is 2. The van der Waals surface area contributed by atoms with Crippen molar-refractivity contribution in [2.45, 2.75) is 31.8 Å². The van der Waals surface area contributed by atoms with E-state index in [0.717, 1.165) is 5.56 Å². The molecular formula is C21H24F2N2O3. The zero-order valence-electron chi connectivity index (χ0n) is 15.8. The molecule has 0 saturated carbocycles. The molecule has 1 aliphatic rings. The first-order valence-corrected chi connectivity index (χ1v) is 9.25. The van der Waals surface area contributed by atoms with Gasteiger partial charge in [0.2, 0.25) is 5.92 Å². The van der Waals surface area contributed by atoms with E-state index in [9.17, 15) is 13.6 Å². The van der Waals surface area contributed by atoms with E-state index in [1.165, 1.54) is 4.90 Å². The highest BCUT2D eigenvalue weighted by Gasteiger charge is 2.33. The number of methoxy groups -OCH3 is 1. The van der Waals surface area contributed by atoms with Gasteiger partial charge in [0.05, 0.1) is 12.8 Å². The molecule has 2 aromatic carbocycles. The largest absolute Gasteiger partial charge is 0.497 e. The van der Waals surface area contributed by atoms with Crippen LogP contribution in [0.4, 0.5) is 19.3 Å². The van der Waals surface area contributed by atoms with Crippen molar-refractivity contribution < 1.29 is 23.0 Å². The van der Waals surface area contributed by atoms with Gasteiger partial charge >= 0.3 is 6.03 Å². The zero-order valence-corrected chi connectivity index (χ0v) is 15.8. The van der Waals surface area contributed by atoms with Crippen LogP contribution in [-0.4, -0.2) is 37.1 Å². The summed E-state index contributed by atoms with van der Waals surface area (Å²) in [5.41, 5.74) is 1.45. The summed E-state index contributed by atoms with van der Waals surface area (Å²) in [5.74, 6) is -1.66. The molecule has 2 aromatic rings. The number of nitrogens with zero attached hydrogens (tertiary/aromatic N) is 1. The number of amides is 2. The lowest BCUT2D eigenvalue weighted by atomic mass is 10.1. The standard InChI is InChI=1S/C21H24F2N2O3/c1-27-17-8-9-18(19(14-17)28-15-16-6-3-2-4-7-16)24-20(26)25-12-5-10-21(22,23)11-13-25/h2-4,6-9,14H,5,10-13,15H2,1H3,(H,24,26). The summed E-state index contributed by atoms with van der Waals surface area (Å²) in [5, 5.41) is 2.78. The lowest BCUT2D eigenvalue weighted by molar-refractivity contribution is -0.0121. The van der Waals surface area contributed by atoms with Gasteiger partial charge in [0, 0.05) is 32.0 Å². The van der Waals surface area contributed by atoms with Crippen LogP contribution in [0, 0.1) is 0 Å². The summed E-state index contributed by atoms with van der Waals surface area (Å²) < 4.78 is 38.2. The van der Waals surface area contributed by atoms with Crippen LogP contribution >= 0.6 is 0 Å². The molecule has 1 N–H and O–H groups in total. The monoisotopic (exact) mass is 390 g/mol. The Morgan fingerprint density at radius 2 is 1.93 bits per heavy atom. The molecule has 1 fully saturated rings. The predicted molar refractivity (Wildman–Crippen MR) is 103 cm³/mol. The molecule has 2 amide bonds. The molecule has 0 bridgehead atoms. The first-order valence-electron chi connectivity index (χ1n) is 9.25. The molecule has 0 spiro atoms. The summed E-state index contributed by atoms with van der Waals surface area (Å²) >= 11 is 0. The number of carbonyl (C=O) groups is 1. The number of likely N-dealkylation sites (tertiary alicyclic amines) is 1. The van der Waals surface area contributed by atoms with Crippen LogP contribution < -0.4 is 14.8 Å². The maximum Gasteiger partial charge on any atom is 0.321 e. The molecule has 1 saturated heterocycles. The number of rotatable bonds is 5. The van der Waals surface area contributed by atoms with Crippen LogP contribution in [0.5, 0.6) is 11.5 Å². The third-order valence-corrected chi connectivity index (χ3v) is 4.67. The summed E-state index contributed by atoms with van der Waals surface area (Å²) in [6, 6.07) is 14.3.